The number of amides is 1. The minimum atomic E-state index is -0.109. The van der Waals surface area contributed by atoms with Crippen LogP contribution in [0.25, 0.3) is 5.69 Å². The molecule has 1 heterocycles. The molecular weight excluding hydrogens is 334 g/mol. The molecule has 3 aromatic rings. The van der Waals surface area contributed by atoms with E-state index in [4.69, 9.17) is 11.6 Å². The Balaban J connectivity index is 1.72. The van der Waals surface area contributed by atoms with E-state index in [1.54, 1.807) is 0 Å². The second-order valence-electron chi connectivity index (χ2n) is 6.13. The molecule has 25 heavy (non-hydrogen) atoms. The number of aryl methyl sites for hydroxylation is 2. The predicted molar refractivity (Wildman–Crippen MR) is 100 cm³/mol. The summed E-state index contributed by atoms with van der Waals surface area (Å²) in [4.78, 5) is 12.5. The van der Waals surface area contributed by atoms with Crippen molar-refractivity contribution >= 4 is 17.5 Å². The highest BCUT2D eigenvalue weighted by Crippen LogP contribution is 2.17. The SMILES string of the molecule is Cc1cc(C)n(-c2ccc(C(=O)NC(C)c3ccc(Cl)cc3)cc2)n1. The first-order valence-corrected chi connectivity index (χ1v) is 8.52. The van der Waals surface area contributed by atoms with Gasteiger partial charge in [-0.1, -0.05) is 23.7 Å². The number of carbonyl (C=O) groups is 1. The van der Waals surface area contributed by atoms with E-state index >= 15 is 0 Å². The van der Waals surface area contributed by atoms with Gasteiger partial charge in [0, 0.05) is 16.3 Å². The lowest BCUT2D eigenvalue weighted by atomic mass is 10.1. The summed E-state index contributed by atoms with van der Waals surface area (Å²) in [5, 5.41) is 8.14. The highest BCUT2D eigenvalue weighted by atomic mass is 35.5. The molecule has 0 saturated carbocycles. The average molecular weight is 354 g/mol. The number of rotatable bonds is 4. The number of nitrogens with one attached hydrogen (secondary N) is 1. The van der Waals surface area contributed by atoms with Gasteiger partial charge in [-0.05, 0) is 68.8 Å². The third kappa shape index (κ3) is 3.91. The third-order valence-corrected chi connectivity index (χ3v) is 4.35. The Bertz CT molecular complexity index is 882. The topological polar surface area (TPSA) is 46.9 Å². The molecule has 2 aromatic carbocycles. The number of hydrogen-bond donors (Lipinski definition) is 1. The van der Waals surface area contributed by atoms with Gasteiger partial charge in [0.1, 0.15) is 0 Å². The molecule has 4 nitrogen and oxygen atoms in total. The molecule has 0 aliphatic rings. The molecule has 128 valence electrons. The molecule has 0 saturated heterocycles. The molecule has 1 aromatic heterocycles. The summed E-state index contributed by atoms with van der Waals surface area (Å²) in [5.74, 6) is -0.109. The van der Waals surface area contributed by atoms with Crippen LogP contribution >= 0.6 is 11.6 Å². The van der Waals surface area contributed by atoms with E-state index in [1.807, 2.05) is 80.1 Å². The van der Waals surface area contributed by atoms with Gasteiger partial charge in [0.2, 0.25) is 0 Å². The molecule has 0 fully saturated rings. The first-order chi connectivity index (χ1) is 11.9. The Morgan fingerprint density at radius 3 is 2.28 bits per heavy atom. The third-order valence-electron chi connectivity index (χ3n) is 4.10. The van der Waals surface area contributed by atoms with Gasteiger partial charge in [0.25, 0.3) is 5.91 Å². The van der Waals surface area contributed by atoms with E-state index in [9.17, 15) is 4.79 Å². The standard InChI is InChI=1S/C20H20ClN3O/c1-13-12-14(2)24(23-13)19-10-6-17(7-11-19)20(25)22-15(3)16-4-8-18(21)9-5-16/h4-12,15H,1-3H3,(H,22,25). The minimum Gasteiger partial charge on any atom is -0.346 e. The average Bonchev–Trinajstić information content (AvgIpc) is 2.94. The highest BCUT2D eigenvalue weighted by Gasteiger charge is 2.12. The van der Waals surface area contributed by atoms with Crippen molar-refractivity contribution in [3.8, 4) is 5.69 Å². The summed E-state index contributed by atoms with van der Waals surface area (Å²) in [6.45, 7) is 5.92. The molecule has 1 atom stereocenters. The Morgan fingerprint density at radius 1 is 1.08 bits per heavy atom. The molecule has 3 rings (SSSR count). The number of nitrogens with zero attached hydrogens (tertiary/aromatic N) is 2. The normalized spacial score (nSPS) is 12.0. The maximum atomic E-state index is 12.5. The van der Waals surface area contributed by atoms with Gasteiger partial charge in [-0.25, -0.2) is 4.68 Å². The maximum Gasteiger partial charge on any atom is 0.251 e. The van der Waals surface area contributed by atoms with Crippen LogP contribution in [0.2, 0.25) is 5.02 Å². The first kappa shape index (κ1) is 17.2. The minimum absolute atomic E-state index is 0.0968. The van der Waals surface area contributed by atoms with Crippen molar-refractivity contribution in [3.05, 3.63) is 82.1 Å². The van der Waals surface area contributed by atoms with E-state index in [2.05, 4.69) is 10.4 Å². The zero-order valence-corrected chi connectivity index (χ0v) is 15.2. The second-order valence-corrected chi connectivity index (χ2v) is 6.57. The van der Waals surface area contributed by atoms with Crippen LogP contribution in [0.15, 0.2) is 54.6 Å². The summed E-state index contributed by atoms with van der Waals surface area (Å²) in [5.41, 5.74) is 4.60. The smallest absolute Gasteiger partial charge is 0.251 e. The molecule has 0 radical (unpaired) electrons. The van der Waals surface area contributed by atoms with Crippen molar-refractivity contribution in [2.75, 3.05) is 0 Å². The quantitative estimate of drug-likeness (QED) is 0.743. The van der Waals surface area contributed by atoms with Gasteiger partial charge in [0.15, 0.2) is 0 Å². The van der Waals surface area contributed by atoms with Crippen LogP contribution in [0.3, 0.4) is 0 Å². The molecule has 0 aliphatic carbocycles. The Hall–Kier alpha value is -2.59. The summed E-state index contributed by atoms with van der Waals surface area (Å²) in [7, 11) is 0. The number of carbonyl (C=O) groups excluding carboxylic acids is 1. The highest BCUT2D eigenvalue weighted by molar-refractivity contribution is 6.30. The fraction of sp³-hybridized carbons (Fsp3) is 0.200. The van der Waals surface area contributed by atoms with Crippen molar-refractivity contribution < 1.29 is 4.79 Å². The van der Waals surface area contributed by atoms with E-state index in [-0.39, 0.29) is 11.9 Å². The second kappa shape index (κ2) is 7.11. The van der Waals surface area contributed by atoms with Gasteiger partial charge in [-0.2, -0.15) is 5.10 Å². The van der Waals surface area contributed by atoms with Gasteiger partial charge >= 0.3 is 0 Å². The molecule has 1 N–H and O–H groups in total. The van der Waals surface area contributed by atoms with Gasteiger partial charge in [-0.15, -0.1) is 0 Å². The van der Waals surface area contributed by atoms with Crippen LogP contribution in [0.5, 0.6) is 0 Å². The first-order valence-electron chi connectivity index (χ1n) is 8.14. The summed E-state index contributed by atoms with van der Waals surface area (Å²) in [6, 6.07) is 16.8. The van der Waals surface area contributed by atoms with E-state index in [0.29, 0.717) is 10.6 Å². The molecule has 0 spiro atoms. The van der Waals surface area contributed by atoms with Crippen LogP contribution in [0.4, 0.5) is 0 Å². The van der Waals surface area contributed by atoms with Crippen LogP contribution in [0.1, 0.15) is 40.3 Å². The Labute approximate surface area is 152 Å². The summed E-state index contributed by atoms with van der Waals surface area (Å²) < 4.78 is 1.87. The summed E-state index contributed by atoms with van der Waals surface area (Å²) in [6.07, 6.45) is 0. The zero-order chi connectivity index (χ0) is 18.0. The van der Waals surface area contributed by atoms with Gasteiger partial charge in [0.05, 0.1) is 17.4 Å². The van der Waals surface area contributed by atoms with Crippen molar-refractivity contribution in [2.45, 2.75) is 26.8 Å². The van der Waals surface area contributed by atoms with Gasteiger partial charge < -0.3 is 5.32 Å². The molecule has 1 unspecified atom stereocenters. The van der Waals surface area contributed by atoms with E-state index in [0.717, 1.165) is 22.6 Å². The lowest BCUT2D eigenvalue weighted by molar-refractivity contribution is 0.0940. The van der Waals surface area contributed by atoms with Gasteiger partial charge in [-0.3, -0.25) is 4.79 Å². The lowest BCUT2D eigenvalue weighted by Gasteiger charge is -2.15. The van der Waals surface area contributed by atoms with Crippen LogP contribution in [-0.4, -0.2) is 15.7 Å². The predicted octanol–water partition coefficient (Wildman–Crippen LogP) is 4.63. The Kier molecular flexibility index (Phi) is 4.91. The summed E-state index contributed by atoms with van der Waals surface area (Å²) >= 11 is 5.90. The molecule has 5 heteroatoms. The molecule has 0 bridgehead atoms. The fourth-order valence-electron chi connectivity index (χ4n) is 2.76. The molecular formula is C20H20ClN3O. The number of aromatic nitrogens is 2. The maximum absolute atomic E-state index is 12.5. The Morgan fingerprint density at radius 2 is 1.72 bits per heavy atom. The van der Waals surface area contributed by atoms with Crippen LogP contribution < -0.4 is 5.32 Å². The lowest BCUT2D eigenvalue weighted by Crippen LogP contribution is -2.26. The van der Waals surface area contributed by atoms with Crippen molar-refractivity contribution in [1.29, 1.82) is 0 Å². The van der Waals surface area contributed by atoms with Crippen molar-refractivity contribution in [3.63, 3.8) is 0 Å². The van der Waals surface area contributed by atoms with Crippen molar-refractivity contribution in [2.24, 2.45) is 0 Å². The number of benzene rings is 2. The van der Waals surface area contributed by atoms with Crippen LogP contribution in [-0.2, 0) is 0 Å². The van der Waals surface area contributed by atoms with Crippen molar-refractivity contribution in [1.82, 2.24) is 15.1 Å². The monoisotopic (exact) mass is 353 g/mol. The molecule has 0 aliphatic heterocycles. The number of hydrogen-bond acceptors (Lipinski definition) is 2. The fourth-order valence-corrected chi connectivity index (χ4v) is 2.89. The number of halogens is 1. The van der Waals surface area contributed by atoms with E-state index in [1.165, 1.54) is 0 Å². The zero-order valence-electron chi connectivity index (χ0n) is 14.5. The molecule has 1 amide bonds. The largest absolute Gasteiger partial charge is 0.346 e. The van der Waals surface area contributed by atoms with Crippen LogP contribution in [0, 0.1) is 13.8 Å². The van der Waals surface area contributed by atoms with E-state index < -0.39 is 0 Å².